The largest absolute Gasteiger partial charge is 0.481 e. The molecule has 2 aromatic rings. The summed E-state index contributed by atoms with van der Waals surface area (Å²) in [5.74, 6) is -0.120. The molecule has 2 heterocycles. The van der Waals surface area contributed by atoms with E-state index in [-0.39, 0.29) is 11.8 Å². The number of aromatic nitrogens is 3. The van der Waals surface area contributed by atoms with Gasteiger partial charge in [0.2, 0.25) is 5.13 Å². The van der Waals surface area contributed by atoms with Crippen molar-refractivity contribution in [2.75, 3.05) is 11.1 Å². The van der Waals surface area contributed by atoms with Gasteiger partial charge in [-0.3, -0.25) is 4.79 Å². The van der Waals surface area contributed by atoms with Crippen LogP contribution in [0, 0.1) is 13.8 Å². The Bertz CT molecular complexity index is 591. The number of aryl methyl sites for hydroxylation is 2. The molecular formula is C11H14N4O3S2. The first-order valence-corrected chi connectivity index (χ1v) is 7.65. The highest BCUT2D eigenvalue weighted by Crippen LogP contribution is 2.29. The Kier molecular flexibility index (Phi) is 4.61. The molecule has 7 nitrogen and oxygen atoms in total. The molecule has 2 aromatic heterocycles. The van der Waals surface area contributed by atoms with Gasteiger partial charge >= 0.3 is 5.97 Å². The average Bonchev–Trinajstić information content (AvgIpc) is 2.94. The highest BCUT2D eigenvalue weighted by Gasteiger charge is 2.18. The number of aliphatic carboxylic acids is 1. The minimum absolute atomic E-state index is 0.00785. The fourth-order valence-electron chi connectivity index (χ4n) is 1.82. The Hall–Kier alpha value is -1.61. The molecule has 0 spiro atoms. The summed E-state index contributed by atoms with van der Waals surface area (Å²) in [6.07, 6.45) is 0. The van der Waals surface area contributed by atoms with E-state index in [1.165, 1.54) is 11.3 Å². The van der Waals surface area contributed by atoms with Crippen molar-refractivity contribution in [3.05, 3.63) is 17.0 Å². The molecule has 0 amide bonds. The van der Waals surface area contributed by atoms with Gasteiger partial charge in [0.15, 0.2) is 4.34 Å². The smallest absolute Gasteiger partial charge is 0.313 e. The van der Waals surface area contributed by atoms with Crippen molar-refractivity contribution in [3.8, 4) is 0 Å². The van der Waals surface area contributed by atoms with Gasteiger partial charge in [-0.1, -0.05) is 28.3 Å². The van der Waals surface area contributed by atoms with Gasteiger partial charge < -0.3 is 14.9 Å². The zero-order chi connectivity index (χ0) is 14.7. The van der Waals surface area contributed by atoms with Crippen LogP contribution in [-0.4, -0.2) is 32.2 Å². The fraction of sp³-hybridized carbons (Fsp3) is 0.455. The van der Waals surface area contributed by atoms with Crippen molar-refractivity contribution < 1.29 is 14.4 Å². The van der Waals surface area contributed by atoms with Crippen LogP contribution in [0.2, 0.25) is 0 Å². The van der Waals surface area contributed by atoms with Gasteiger partial charge in [0, 0.05) is 5.56 Å². The standard InChI is InChI=1S/C11H14N4O3S2/c1-5(9-6(2)15-18-7(9)3)12-10-13-14-11(20-10)19-4-8(16)17/h5H,4H2,1-3H3,(H,12,13)(H,16,17). The molecule has 1 atom stereocenters. The lowest BCUT2D eigenvalue weighted by molar-refractivity contribution is -0.133. The van der Waals surface area contributed by atoms with Gasteiger partial charge in [0.1, 0.15) is 5.76 Å². The Morgan fingerprint density at radius 1 is 1.50 bits per heavy atom. The van der Waals surface area contributed by atoms with E-state index in [1.54, 1.807) is 0 Å². The number of hydrogen-bond donors (Lipinski definition) is 2. The lowest BCUT2D eigenvalue weighted by Crippen LogP contribution is -2.08. The molecule has 1 unspecified atom stereocenters. The highest BCUT2D eigenvalue weighted by molar-refractivity contribution is 8.01. The highest BCUT2D eigenvalue weighted by atomic mass is 32.2. The summed E-state index contributed by atoms with van der Waals surface area (Å²) in [4.78, 5) is 10.5. The third kappa shape index (κ3) is 3.48. The second-order valence-corrected chi connectivity index (χ2v) is 6.36. The molecule has 0 aliphatic rings. The van der Waals surface area contributed by atoms with Crippen molar-refractivity contribution in [1.29, 1.82) is 0 Å². The number of thioether (sulfide) groups is 1. The van der Waals surface area contributed by atoms with E-state index in [0.29, 0.717) is 9.47 Å². The number of nitrogens with zero attached hydrogens (tertiary/aromatic N) is 3. The summed E-state index contributed by atoms with van der Waals surface area (Å²) >= 11 is 2.48. The SMILES string of the molecule is Cc1noc(C)c1C(C)Nc1nnc(SCC(=O)O)s1. The molecule has 2 rings (SSSR count). The molecule has 0 aromatic carbocycles. The molecule has 20 heavy (non-hydrogen) atoms. The molecule has 0 aliphatic carbocycles. The zero-order valence-corrected chi connectivity index (χ0v) is 12.8. The van der Waals surface area contributed by atoms with Crippen molar-refractivity contribution in [3.63, 3.8) is 0 Å². The molecule has 0 fully saturated rings. The predicted octanol–water partition coefficient (Wildman–Crippen LogP) is 2.49. The van der Waals surface area contributed by atoms with E-state index in [4.69, 9.17) is 9.63 Å². The van der Waals surface area contributed by atoms with Crippen molar-refractivity contribution in [1.82, 2.24) is 15.4 Å². The van der Waals surface area contributed by atoms with E-state index in [0.717, 1.165) is 28.8 Å². The van der Waals surface area contributed by atoms with Crippen molar-refractivity contribution >= 4 is 34.2 Å². The summed E-state index contributed by atoms with van der Waals surface area (Å²) in [5, 5.41) is 24.3. The number of carboxylic acids is 1. The van der Waals surface area contributed by atoms with Crippen LogP contribution < -0.4 is 5.32 Å². The number of hydrogen-bond acceptors (Lipinski definition) is 8. The maximum atomic E-state index is 10.5. The topological polar surface area (TPSA) is 101 Å². The van der Waals surface area contributed by atoms with E-state index in [1.807, 2.05) is 20.8 Å². The monoisotopic (exact) mass is 314 g/mol. The zero-order valence-electron chi connectivity index (χ0n) is 11.2. The summed E-state index contributed by atoms with van der Waals surface area (Å²) < 4.78 is 5.76. The molecule has 0 bridgehead atoms. The quantitative estimate of drug-likeness (QED) is 0.784. The van der Waals surface area contributed by atoms with Crippen molar-refractivity contribution in [2.24, 2.45) is 0 Å². The van der Waals surface area contributed by atoms with E-state index < -0.39 is 5.97 Å². The van der Waals surface area contributed by atoms with Crippen LogP contribution in [0.4, 0.5) is 5.13 Å². The second kappa shape index (κ2) is 6.23. The third-order valence-corrected chi connectivity index (χ3v) is 4.56. The number of anilines is 1. The van der Waals surface area contributed by atoms with Crippen LogP contribution in [0.15, 0.2) is 8.86 Å². The molecule has 108 valence electrons. The summed E-state index contributed by atoms with van der Waals surface area (Å²) in [5.41, 5.74) is 1.84. The minimum Gasteiger partial charge on any atom is -0.481 e. The van der Waals surface area contributed by atoms with Gasteiger partial charge in [-0.2, -0.15) is 0 Å². The molecule has 0 saturated carbocycles. The van der Waals surface area contributed by atoms with Gasteiger partial charge in [-0.25, -0.2) is 0 Å². The molecule has 0 saturated heterocycles. The second-order valence-electron chi connectivity index (χ2n) is 4.16. The number of carboxylic acid groups (broad SMARTS) is 1. The number of carbonyl (C=O) groups is 1. The first-order chi connectivity index (χ1) is 9.47. The van der Waals surface area contributed by atoms with Crippen molar-refractivity contribution in [2.45, 2.75) is 31.2 Å². The first-order valence-electron chi connectivity index (χ1n) is 5.84. The van der Waals surface area contributed by atoms with Gasteiger partial charge in [0.05, 0.1) is 17.5 Å². The third-order valence-electron chi connectivity index (χ3n) is 2.59. The van der Waals surface area contributed by atoms with Gasteiger partial charge in [-0.15, -0.1) is 10.2 Å². The Balaban J connectivity index is 2.01. The van der Waals surface area contributed by atoms with Crippen LogP contribution in [0.5, 0.6) is 0 Å². The lowest BCUT2D eigenvalue weighted by Gasteiger charge is -2.11. The molecular weight excluding hydrogens is 300 g/mol. The van der Waals surface area contributed by atoms with Crippen LogP contribution in [0.3, 0.4) is 0 Å². The Morgan fingerprint density at radius 3 is 2.85 bits per heavy atom. The van der Waals surface area contributed by atoms with Crippen LogP contribution in [0.25, 0.3) is 0 Å². The summed E-state index contributed by atoms with van der Waals surface area (Å²) in [6, 6.07) is -0.00785. The molecule has 9 heteroatoms. The first kappa shape index (κ1) is 14.8. The number of rotatable bonds is 6. The van der Waals surface area contributed by atoms with Gasteiger partial charge in [-0.05, 0) is 20.8 Å². The lowest BCUT2D eigenvalue weighted by atomic mass is 10.1. The van der Waals surface area contributed by atoms with E-state index >= 15 is 0 Å². The van der Waals surface area contributed by atoms with Crippen LogP contribution in [-0.2, 0) is 4.79 Å². The predicted molar refractivity (Wildman–Crippen MR) is 76.3 cm³/mol. The van der Waals surface area contributed by atoms with Gasteiger partial charge in [0.25, 0.3) is 0 Å². The normalized spacial score (nSPS) is 12.3. The summed E-state index contributed by atoms with van der Waals surface area (Å²) in [7, 11) is 0. The van der Waals surface area contributed by atoms with Crippen LogP contribution in [0.1, 0.15) is 30.0 Å². The minimum atomic E-state index is -0.871. The average molecular weight is 314 g/mol. The molecule has 0 radical (unpaired) electrons. The molecule has 2 N–H and O–H groups in total. The van der Waals surface area contributed by atoms with Crippen LogP contribution >= 0.6 is 23.1 Å². The molecule has 0 aliphatic heterocycles. The van der Waals surface area contributed by atoms with E-state index in [2.05, 4.69) is 20.7 Å². The summed E-state index contributed by atoms with van der Waals surface area (Å²) in [6.45, 7) is 5.73. The maximum absolute atomic E-state index is 10.5. The Morgan fingerprint density at radius 2 is 2.25 bits per heavy atom. The fourth-order valence-corrected chi connectivity index (χ4v) is 3.37. The van der Waals surface area contributed by atoms with E-state index in [9.17, 15) is 4.79 Å². The Labute approximate surface area is 123 Å². The number of nitrogens with one attached hydrogen (secondary N) is 1. The maximum Gasteiger partial charge on any atom is 0.313 e.